The van der Waals surface area contributed by atoms with Crippen LogP contribution in [0.2, 0.25) is 0 Å². The summed E-state index contributed by atoms with van der Waals surface area (Å²) in [6, 6.07) is 14.6. The molecule has 3 amide bonds. The number of likely N-dealkylation sites (tertiary alicyclic amines) is 1. The number of amides is 3. The van der Waals surface area contributed by atoms with E-state index in [2.05, 4.69) is 31.7 Å². The molecule has 47 heavy (non-hydrogen) atoms. The highest BCUT2D eigenvalue weighted by Gasteiger charge is 2.24. The number of rotatable bonds is 12. The van der Waals surface area contributed by atoms with E-state index in [9.17, 15) is 19.6 Å². The number of nitrogens with two attached hydrogens (primary N) is 1. The Morgan fingerprint density at radius 2 is 1.91 bits per heavy atom. The van der Waals surface area contributed by atoms with Crippen LogP contribution in [0.3, 0.4) is 0 Å². The molecule has 4 N–H and O–H groups in total. The van der Waals surface area contributed by atoms with Gasteiger partial charge in [0.25, 0.3) is 5.91 Å². The molecule has 1 aliphatic rings. The van der Waals surface area contributed by atoms with Crippen LogP contribution in [-0.4, -0.2) is 75.0 Å². The van der Waals surface area contributed by atoms with Gasteiger partial charge in [0.05, 0.1) is 30.0 Å². The second kappa shape index (κ2) is 14.8. The van der Waals surface area contributed by atoms with Crippen LogP contribution in [-0.2, 0) is 24.4 Å². The van der Waals surface area contributed by atoms with Gasteiger partial charge in [0.2, 0.25) is 11.9 Å². The van der Waals surface area contributed by atoms with Gasteiger partial charge in [-0.3, -0.25) is 24.5 Å². The molecule has 2 aromatic heterocycles. The maximum Gasteiger partial charge on any atom is 0.407 e. The van der Waals surface area contributed by atoms with Gasteiger partial charge in [0, 0.05) is 44.8 Å². The quantitative estimate of drug-likeness (QED) is 0.195. The van der Waals surface area contributed by atoms with Gasteiger partial charge in [-0.1, -0.05) is 18.2 Å². The monoisotopic (exact) mass is 641 g/mol. The Bertz CT molecular complexity index is 1810. The fourth-order valence-corrected chi connectivity index (χ4v) is 5.79. The second-order valence-corrected chi connectivity index (χ2v) is 11.4. The fourth-order valence-electron chi connectivity index (χ4n) is 5.79. The average Bonchev–Trinajstić information content (AvgIpc) is 3.62. The molecule has 246 valence electrons. The van der Waals surface area contributed by atoms with Crippen LogP contribution in [0.15, 0.2) is 42.5 Å². The van der Waals surface area contributed by atoms with Crippen molar-refractivity contribution in [2.45, 2.75) is 58.8 Å². The molecule has 0 bridgehead atoms. The number of methoxy groups -OCH3 is 1. The number of primary amides is 1. The Hall–Kier alpha value is -5.42. The molecule has 2 aromatic carbocycles. The third-order valence-electron chi connectivity index (χ3n) is 8.14. The lowest BCUT2D eigenvalue weighted by Crippen LogP contribution is -2.39. The Balaban J connectivity index is 1.20. The van der Waals surface area contributed by atoms with Gasteiger partial charge in [-0.05, 0) is 62.9 Å². The number of aryl methyl sites for hydroxylation is 3. The minimum Gasteiger partial charge on any atom is -0.494 e. The zero-order valence-corrected chi connectivity index (χ0v) is 26.8. The van der Waals surface area contributed by atoms with Gasteiger partial charge in [-0.15, -0.1) is 0 Å². The Labute approximate surface area is 272 Å². The summed E-state index contributed by atoms with van der Waals surface area (Å²) in [5.74, 6) is -0.405. The lowest BCUT2D eigenvalue weighted by molar-refractivity contribution is 0.0487. The number of carbonyl (C=O) groups excluding carboxylic acids is 3. The summed E-state index contributed by atoms with van der Waals surface area (Å²) in [7, 11) is 1.48. The molecule has 3 heterocycles. The van der Waals surface area contributed by atoms with E-state index in [1.165, 1.54) is 13.2 Å². The lowest BCUT2D eigenvalue weighted by Gasteiger charge is -2.31. The van der Waals surface area contributed by atoms with E-state index in [1.54, 1.807) is 21.4 Å². The van der Waals surface area contributed by atoms with Crippen LogP contribution in [0.1, 0.15) is 63.9 Å². The second-order valence-electron chi connectivity index (χ2n) is 11.4. The van der Waals surface area contributed by atoms with E-state index < -0.39 is 12.0 Å². The molecule has 14 nitrogen and oxygen atoms in total. The number of carbonyl (C=O) groups is 3. The van der Waals surface area contributed by atoms with Crippen molar-refractivity contribution >= 4 is 34.9 Å². The van der Waals surface area contributed by atoms with E-state index in [0.29, 0.717) is 79.2 Å². The molecule has 1 saturated heterocycles. The van der Waals surface area contributed by atoms with E-state index in [-0.39, 0.29) is 23.5 Å². The number of piperidine rings is 1. The van der Waals surface area contributed by atoms with Gasteiger partial charge >= 0.3 is 6.09 Å². The fraction of sp³-hybridized carbons (Fsp3) is 0.394. The maximum absolute atomic E-state index is 13.3. The molecule has 0 aliphatic carbocycles. The molecule has 1 fully saturated rings. The highest BCUT2D eigenvalue weighted by atomic mass is 16.6. The van der Waals surface area contributed by atoms with E-state index in [4.69, 9.17) is 15.2 Å². The molecular weight excluding hydrogens is 602 g/mol. The van der Waals surface area contributed by atoms with Gasteiger partial charge in [0.15, 0.2) is 0 Å². The van der Waals surface area contributed by atoms with Crippen molar-refractivity contribution in [2.24, 2.45) is 5.73 Å². The third-order valence-corrected chi connectivity index (χ3v) is 8.14. The smallest absolute Gasteiger partial charge is 0.407 e. The molecule has 4 aromatic rings. The van der Waals surface area contributed by atoms with Gasteiger partial charge in [-0.25, -0.2) is 9.78 Å². The minimum atomic E-state index is -0.634. The number of nitrogens with one attached hydrogen (secondary N) is 2. The number of nitrogens with zero attached hydrogens (tertiary/aromatic N) is 6. The van der Waals surface area contributed by atoms with E-state index >= 15 is 0 Å². The third kappa shape index (κ3) is 7.70. The van der Waals surface area contributed by atoms with E-state index in [1.807, 2.05) is 38.1 Å². The maximum atomic E-state index is 13.3. The lowest BCUT2D eigenvalue weighted by atomic mass is 10.0. The SMILES string of the molecule is CCn1nc(C)cc1C(=O)Nc1nc2cc(C(N)=O)cc(OC)c2n1CCCNC(=O)OC1CCN(Cc2ccccc2C#N)CC1. The predicted octanol–water partition coefficient (Wildman–Crippen LogP) is 3.57. The van der Waals surface area contributed by atoms with Crippen molar-refractivity contribution in [2.75, 3.05) is 32.1 Å². The first kappa shape index (κ1) is 33.0. The standard InChI is InChI=1S/C33H39N9O5/c1-4-42-27(16-21(2)39-42)31(44)38-32-37-26-17-24(30(35)43)18-28(46-3)29(26)41(32)13-7-12-36-33(45)47-25-10-14-40(15-11-25)20-23-9-6-5-8-22(23)19-34/h5-6,8-9,16-18,25H,4,7,10-15,20H2,1-3H3,(H2,35,43)(H,36,45)(H,37,38,44). The number of benzene rings is 2. The minimum absolute atomic E-state index is 0.194. The normalized spacial score (nSPS) is 13.7. The first-order valence-corrected chi connectivity index (χ1v) is 15.6. The molecule has 0 spiro atoms. The number of aromatic nitrogens is 4. The van der Waals surface area contributed by atoms with Crippen molar-refractivity contribution in [3.05, 3.63) is 70.5 Å². The number of hydrogen-bond donors (Lipinski definition) is 3. The molecule has 5 rings (SSSR count). The molecule has 0 unspecified atom stereocenters. The number of fused-ring (bicyclic) bond motifs is 1. The summed E-state index contributed by atoms with van der Waals surface area (Å²) in [4.78, 5) is 44.8. The Morgan fingerprint density at radius 1 is 1.15 bits per heavy atom. The van der Waals surface area contributed by atoms with Crippen molar-refractivity contribution in [3.63, 3.8) is 0 Å². The Kier molecular flexibility index (Phi) is 10.4. The molecule has 14 heteroatoms. The van der Waals surface area contributed by atoms with Gasteiger partial charge in [-0.2, -0.15) is 10.4 Å². The molecule has 0 radical (unpaired) electrons. The molecule has 0 saturated carbocycles. The number of nitriles is 1. The van der Waals surface area contributed by atoms with Crippen LogP contribution in [0.5, 0.6) is 5.75 Å². The summed E-state index contributed by atoms with van der Waals surface area (Å²) < 4.78 is 14.7. The highest BCUT2D eigenvalue weighted by Crippen LogP contribution is 2.31. The summed E-state index contributed by atoms with van der Waals surface area (Å²) in [5.41, 5.74) is 9.51. The van der Waals surface area contributed by atoms with E-state index in [0.717, 1.165) is 18.7 Å². The van der Waals surface area contributed by atoms with Crippen molar-refractivity contribution in [1.82, 2.24) is 29.5 Å². The van der Waals surface area contributed by atoms with Crippen molar-refractivity contribution in [1.29, 1.82) is 5.26 Å². The first-order chi connectivity index (χ1) is 22.7. The van der Waals surface area contributed by atoms with Crippen LogP contribution in [0.25, 0.3) is 11.0 Å². The zero-order chi connectivity index (χ0) is 33.5. The predicted molar refractivity (Wildman–Crippen MR) is 174 cm³/mol. The van der Waals surface area contributed by atoms with Crippen LogP contribution >= 0.6 is 0 Å². The topological polar surface area (TPSA) is 182 Å². The summed E-state index contributed by atoms with van der Waals surface area (Å²) in [6.45, 7) is 7.09. The molecular formula is C33H39N9O5. The largest absolute Gasteiger partial charge is 0.494 e. The summed E-state index contributed by atoms with van der Waals surface area (Å²) in [6.07, 6.45) is 1.20. The van der Waals surface area contributed by atoms with Crippen LogP contribution in [0.4, 0.5) is 10.7 Å². The number of anilines is 1. The summed E-state index contributed by atoms with van der Waals surface area (Å²) in [5, 5.41) is 19.4. The van der Waals surface area contributed by atoms with Crippen LogP contribution < -0.4 is 21.1 Å². The molecule has 1 aliphatic heterocycles. The molecule has 0 atom stereocenters. The number of imidazole rings is 1. The van der Waals surface area contributed by atoms with Crippen LogP contribution in [0, 0.1) is 18.3 Å². The number of ether oxygens (including phenoxy) is 2. The van der Waals surface area contributed by atoms with Gasteiger partial charge in [0.1, 0.15) is 23.1 Å². The van der Waals surface area contributed by atoms with Gasteiger partial charge < -0.3 is 25.1 Å². The van der Waals surface area contributed by atoms with Crippen molar-refractivity contribution in [3.8, 4) is 11.8 Å². The summed E-state index contributed by atoms with van der Waals surface area (Å²) >= 11 is 0. The highest BCUT2D eigenvalue weighted by molar-refractivity contribution is 6.04. The number of hydrogen-bond acceptors (Lipinski definition) is 9. The first-order valence-electron chi connectivity index (χ1n) is 15.6. The average molecular weight is 642 g/mol. The zero-order valence-electron chi connectivity index (χ0n) is 26.8. The Morgan fingerprint density at radius 3 is 2.62 bits per heavy atom. The van der Waals surface area contributed by atoms with Crippen molar-refractivity contribution < 1.29 is 23.9 Å². The number of alkyl carbamates (subject to hydrolysis) is 1.